The van der Waals surface area contributed by atoms with E-state index in [0.717, 1.165) is 6.42 Å². The molecule has 0 saturated carbocycles. The molecule has 0 saturated heterocycles. The Balaban J connectivity index is 2.53. The van der Waals surface area contributed by atoms with E-state index in [-0.39, 0.29) is 17.0 Å². The third kappa shape index (κ3) is 4.42. The Morgan fingerprint density at radius 3 is 2.39 bits per heavy atom. The number of hydrogen-bond acceptors (Lipinski definition) is 3. The van der Waals surface area contributed by atoms with Gasteiger partial charge in [0.1, 0.15) is 0 Å². The third-order valence-electron chi connectivity index (χ3n) is 3.23. The van der Waals surface area contributed by atoms with E-state index < -0.39 is 9.84 Å². The monoisotopic (exact) mass is 269 g/mol. The maximum atomic E-state index is 11.7. The van der Waals surface area contributed by atoms with Gasteiger partial charge in [-0.05, 0) is 44.7 Å². The summed E-state index contributed by atoms with van der Waals surface area (Å²) in [5, 5.41) is -0.317. The first kappa shape index (κ1) is 15.2. The van der Waals surface area contributed by atoms with Gasteiger partial charge in [-0.25, -0.2) is 8.42 Å². The summed E-state index contributed by atoms with van der Waals surface area (Å²) in [6.07, 6.45) is 1.26. The number of benzene rings is 1. The van der Waals surface area contributed by atoms with E-state index in [4.69, 9.17) is 5.73 Å². The van der Waals surface area contributed by atoms with E-state index in [1.54, 1.807) is 13.8 Å². The van der Waals surface area contributed by atoms with Crippen molar-refractivity contribution in [3.63, 3.8) is 0 Å². The van der Waals surface area contributed by atoms with Crippen molar-refractivity contribution >= 4 is 9.84 Å². The molecule has 1 atom stereocenters. The topological polar surface area (TPSA) is 60.2 Å². The standard InChI is InChI=1S/C14H23NO2S/c1-11(2)18(16,17)9-8-14(15)10-13-7-5-4-6-12(13)3/h4-7,11,14H,8-10,15H2,1-3H3. The minimum Gasteiger partial charge on any atom is -0.327 e. The molecule has 2 N–H and O–H groups in total. The predicted octanol–water partition coefficient (Wildman–Crippen LogP) is 2.08. The van der Waals surface area contributed by atoms with Gasteiger partial charge in [-0.3, -0.25) is 0 Å². The van der Waals surface area contributed by atoms with Crippen LogP contribution < -0.4 is 5.73 Å². The zero-order valence-electron chi connectivity index (χ0n) is 11.4. The Labute approximate surface area is 110 Å². The van der Waals surface area contributed by atoms with Crippen LogP contribution in [0.2, 0.25) is 0 Å². The Morgan fingerprint density at radius 1 is 1.22 bits per heavy atom. The van der Waals surface area contributed by atoms with Crippen LogP contribution in [0.3, 0.4) is 0 Å². The largest absolute Gasteiger partial charge is 0.327 e. The van der Waals surface area contributed by atoms with E-state index in [0.29, 0.717) is 6.42 Å². The lowest BCUT2D eigenvalue weighted by atomic mass is 10.0. The fraction of sp³-hybridized carbons (Fsp3) is 0.571. The van der Waals surface area contributed by atoms with Gasteiger partial charge in [-0.2, -0.15) is 0 Å². The van der Waals surface area contributed by atoms with Crippen LogP contribution in [0.4, 0.5) is 0 Å². The van der Waals surface area contributed by atoms with Crippen LogP contribution in [0.25, 0.3) is 0 Å². The normalized spacial score (nSPS) is 13.8. The second-order valence-corrected chi connectivity index (χ2v) is 7.77. The highest BCUT2D eigenvalue weighted by Crippen LogP contribution is 2.12. The fourth-order valence-electron chi connectivity index (χ4n) is 1.77. The van der Waals surface area contributed by atoms with Gasteiger partial charge in [0.25, 0.3) is 0 Å². The zero-order chi connectivity index (χ0) is 13.8. The Morgan fingerprint density at radius 2 is 1.83 bits per heavy atom. The number of nitrogens with two attached hydrogens (primary N) is 1. The number of sulfone groups is 1. The fourth-order valence-corrected chi connectivity index (χ4v) is 2.88. The Bertz CT molecular complexity index is 480. The molecule has 0 aliphatic carbocycles. The Kier molecular flexibility index (Phi) is 5.35. The van der Waals surface area contributed by atoms with Gasteiger partial charge in [-0.1, -0.05) is 24.3 Å². The molecule has 0 aliphatic rings. The number of hydrogen-bond donors (Lipinski definition) is 1. The van der Waals surface area contributed by atoms with Crippen molar-refractivity contribution in [3.8, 4) is 0 Å². The van der Waals surface area contributed by atoms with Crippen LogP contribution >= 0.6 is 0 Å². The van der Waals surface area contributed by atoms with Crippen LogP contribution in [0, 0.1) is 6.92 Å². The zero-order valence-corrected chi connectivity index (χ0v) is 12.2. The van der Waals surface area contributed by atoms with Crippen LogP contribution in [-0.2, 0) is 16.3 Å². The molecular weight excluding hydrogens is 246 g/mol. The molecule has 102 valence electrons. The molecule has 0 radical (unpaired) electrons. The van der Waals surface area contributed by atoms with E-state index >= 15 is 0 Å². The lowest BCUT2D eigenvalue weighted by Crippen LogP contribution is -2.28. The summed E-state index contributed by atoms with van der Waals surface area (Å²) in [6, 6.07) is 7.98. The average molecular weight is 269 g/mol. The first-order chi connectivity index (χ1) is 8.33. The molecule has 3 nitrogen and oxygen atoms in total. The molecule has 0 heterocycles. The molecule has 0 fully saturated rings. The van der Waals surface area contributed by atoms with E-state index in [1.165, 1.54) is 11.1 Å². The molecule has 0 spiro atoms. The van der Waals surface area contributed by atoms with Crippen LogP contribution in [0.1, 0.15) is 31.4 Å². The highest BCUT2D eigenvalue weighted by atomic mass is 32.2. The Hall–Kier alpha value is -0.870. The predicted molar refractivity (Wildman–Crippen MR) is 76.4 cm³/mol. The lowest BCUT2D eigenvalue weighted by Gasteiger charge is -2.14. The summed E-state index contributed by atoms with van der Waals surface area (Å²) < 4.78 is 23.4. The molecule has 0 amide bonds. The summed E-state index contributed by atoms with van der Waals surface area (Å²) in [5.74, 6) is 0.178. The SMILES string of the molecule is Cc1ccccc1CC(N)CCS(=O)(=O)C(C)C. The first-order valence-corrected chi connectivity index (χ1v) is 8.06. The quantitative estimate of drug-likeness (QED) is 0.860. The molecule has 0 aliphatic heterocycles. The van der Waals surface area contributed by atoms with Gasteiger partial charge in [0.15, 0.2) is 9.84 Å². The molecule has 1 aromatic rings. The molecule has 4 heteroatoms. The molecule has 1 rings (SSSR count). The maximum Gasteiger partial charge on any atom is 0.152 e. The second kappa shape index (κ2) is 6.34. The van der Waals surface area contributed by atoms with E-state index in [1.807, 2.05) is 31.2 Å². The summed E-state index contributed by atoms with van der Waals surface area (Å²) in [7, 11) is -2.98. The lowest BCUT2D eigenvalue weighted by molar-refractivity contribution is 0.573. The molecule has 1 aromatic carbocycles. The van der Waals surface area contributed by atoms with Crippen molar-refractivity contribution in [1.82, 2.24) is 0 Å². The first-order valence-electron chi connectivity index (χ1n) is 6.34. The van der Waals surface area contributed by atoms with Gasteiger partial charge in [0.2, 0.25) is 0 Å². The highest BCUT2D eigenvalue weighted by molar-refractivity contribution is 7.91. The summed E-state index contributed by atoms with van der Waals surface area (Å²) in [4.78, 5) is 0. The molecule has 18 heavy (non-hydrogen) atoms. The van der Waals surface area contributed by atoms with E-state index in [9.17, 15) is 8.42 Å². The minimum absolute atomic E-state index is 0.0976. The smallest absolute Gasteiger partial charge is 0.152 e. The van der Waals surface area contributed by atoms with Gasteiger partial charge in [-0.15, -0.1) is 0 Å². The second-order valence-electron chi connectivity index (χ2n) is 5.10. The van der Waals surface area contributed by atoms with Crippen molar-refractivity contribution in [2.45, 2.75) is 44.9 Å². The summed E-state index contributed by atoms with van der Waals surface area (Å²) in [5.41, 5.74) is 8.43. The van der Waals surface area contributed by atoms with Gasteiger partial charge >= 0.3 is 0 Å². The number of aryl methyl sites for hydroxylation is 1. The summed E-state index contributed by atoms with van der Waals surface area (Å²) >= 11 is 0. The third-order valence-corrected chi connectivity index (χ3v) is 5.48. The van der Waals surface area contributed by atoms with Crippen molar-refractivity contribution in [2.75, 3.05) is 5.75 Å². The van der Waals surface area contributed by atoms with Crippen LogP contribution in [-0.4, -0.2) is 25.5 Å². The van der Waals surface area contributed by atoms with E-state index in [2.05, 4.69) is 0 Å². The summed E-state index contributed by atoms with van der Waals surface area (Å²) in [6.45, 7) is 5.47. The molecule has 0 aromatic heterocycles. The maximum absolute atomic E-state index is 11.7. The van der Waals surface area contributed by atoms with Crippen molar-refractivity contribution in [3.05, 3.63) is 35.4 Å². The van der Waals surface area contributed by atoms with Crippen LogP contribution in [0.15, 0.2) is 24.3 Å². The van der Waals surface area contributed by atoms with Gasteiger partial charge in [0.05, 0.1) is 11.0 Å². The average Bonchev–Trinajstić information content (AvgIpc) is 2.29. The number of rotatable bonds is 6. The van der Waals surface area contributed by atoms with Crippen molar-refractivity contribution in [1.29, 1.82) is 0 Å². The van der Waals surface area contributed by atoms with Crippen molar-refractivity contribution in [2.24, 2.45) is 5.73 Å². The van der Waals surface area contributed by atoms with Gasteiger partial charge < -0.3 is 5.73 Å². The molecule has 1 unspecified atom stereocenters. The minimum atomic E-state index is -2.98. The van der Waals surface area contributed by atoms with Gasteiger partial charge in [0, 0.05) is 6.04 Å². The highest BCUT2D eigenvalue weighted by Gasteiger charge is 2.17. The van der Waals surface area contributed by atoms with Crippen molar-refractivity contribution < 1.29 is 8.42 Å². The van der Waals surface area contributed by atoms with Crippen LogP contribution in [0.5, 0.6) is 0 Å². The molecular formula is C14H23NO2S. The molecule has 0 bridgehead atoms.